The Hall–Kier alpha value is -2.47. The van der Waals surface area contributed by atoms with Crippen molar-refractivity contribution in [2.45, 2.75) is 44.2 Å². The third-order valence-corrected chi connectivity index (χ3v) is 3.72. The van der Waals surface area contributed by atoms with Crippen LogP contribution in [0.3, 0.4) is 0 Å². The molecule has 4 N–H and O–H groups in total. The summed E-state index contributed by atoms with van der Waals surface area (Å²) in [5.74, 6) is -1.35. The number of aldehydes is 1. The molecule has 10 nitrogen and oxygen atoms in total. The summed E-state index contributed by atoms with van der Waals surface area (Å²) in [5, 5.41) is 32.0. The van der Waals surface area contributed by atoms with Crippen LogP contribution in [0.15, 0.2) is 18.2 Å². The van der Waals surface area contributed by atoms with E-state index in [2.05, 4.69) is 10.1 Å². The lowest BCUT2D eigenvalue weighted by molar-refractivity contribution is -0.263. The van der Waals surface area contributed by atoms with Crippen molar-refractivity contribution < 1.29 is 43.9 Å². The van der Waals surface area contributed by atoms with Crippen LogP contribution in [-0.4, -0.2) is 71.9 Å². The first-order chi connectivity index (χ1) is 12.7. The zero-order chi connectivity index (χ0) is 20.1. The van der Waals surface area contributed by atoms with Crippen molar-refractivity contribution >= 4 is 31.6 Å². The molecule has 1 heterocycles. The lowest BCUT2D eigenvalue weighted by Crippen LogP contribution is -2.59. The average Bonchev–Trinajstić information content (AvgIpc) is 2.61. The number of ether oxygens (including phenoxy) is 3. The minimum absolute atomic E-state index is 0.0466. The summed E-state index contributed by atoms with van der Waals surface area (Å²) in [6, 6.07) is 4.34. The number of hydrogen-bond acceptors (Lipinski definition) is 9. The fourth-order valence-corrected chi connectivity index (χ4v) is 2.42. The normalized spacial score (nSPS) is 27.5. The molecule has 1 aromatic rings. The van der Waals surface area contributed by atoms with E-state index >= 15 is 0 Å². The van der Waals surface area contributed by atoms with Crippen LogP contribution in [0.2, 0.25) is 0 Å². The maximum atomic E-state index is 11.4. The molecule has 1 fully saturated rings. The van der Waals surface area contributed by atoms with E-state index in [1.807, 2.05) is 0 Å². The summed E-state index contributed by atoms with van der Waals surface area (Å²) in [7, 11) is 4.91. The fourth-order valence-electron chi connectivity index (χ4n) is 2.42. The molecule has 1 amide bonds. The van der Waals surface area contributed by atoms with E-state index in [9.17, 15) is 29.7 Å². The molecule has 11 heteroatoms. The van der Waals surface area contributed by atoms with Crippen LogP contribution < -0.4 is 10.1 Å². The summed E-state index contributed by atoms with van der Waals surface area (Å²) < 4.78 is 15.3. The first-order valence-corrected chi connectivity index (χ1v) is 7.87. The molecule has 1 aliphatic heterocycles. The van der Waals surface area contributed by atoms with Crippen molar-refractivity contribution in [1.29, 1.82) is 0 Å². The zero-order valence-corrected chi connectivity index (χ0v) is 14.3. The number of aliphatic hydroxyl groups is 3. The second kappa shape index (κ2) is 8.95. The number of rotatable bonds is 6. The Bertz CT molecular complexity index is 713. The number of benzene rings is 1. The van der Waals surface area contributed by atoms with Gasteiger partial charge in [-0.05, 0) is 17.7 Å². The molecule has 27 heavy (non-hydrogen) atoms. The highest BCUT2D eigenvalue weighted by Gasteiger charge is 2.45. The van der Waals surface area contributed by atoms with Crippen LogP contribution in [0.25, 0.3) is 0 Å². The third-order valence-electron chi connectivity index (χ3n) is 3.72. The molecule has 5 unspecified atom stereocenters. The van der Waals surface area contributed by atoms with Crippen LogP contribution in [0, 0.1) is 0 Å². The van der Waals surface area contributed by atoms with E-state index in [-0.39, 0.29) is 24.3 Å². The zero-order valence-electron chi connectivity index (χ0n) is 14.3. The molecule has 0 bridgehead atoms. The Kier molecular flexibility index (Phi) is 6.91. The van der Waals surface area contributed by atoms with E-state index < -0.39 is 42.5 Å². The topological polar surface area (TPSA) is 152 Å². The van der Waals surface area contributed by atoms with Gasteiger partial charge in [0.25, 0.3) is 0 Å². The van der Waals surface area contributed by atoms with Crippen molar-refractivity contribution in [3.05, 3.63) is 23.8 Å². The maximum Gasteiger partial charge on any atom is 0.236 e. The van der Waals surface area contributed by atoms with E-state index in [0.717, 1.165) is 0 Å². The number of carbonyl (C=O) groups excluding carboxylic acids is 3. The Balaban J connectivity index is 2.24. The Labute approximate surface area is 155 Å². The first-order valence-electron chi connectivity index (χ1n) is 7.87. The Morgan fingerprint density at radius 3 is 2.56 bits per heavy atom. The van der Waals surface area contributed by atoms with Gasteiger partial charge in [0, 0.05) is 6.92 Å². The Morgan fingerprint density at radius 2 is 1.96 bits per heavy atom. The smallest absolute Gasteiger partial charge is 0.236 e. The van der Waals surface area contributed by atoms with Gasteiger partial charge < -0.3 is 39.6 Å². The number of aliphatic hydroxyl groups excluding tert-OH is 3. The van der Waals surface area contributed by atoms with E-state index in [1.54, 1.807) is 0 Å². The maximum absolute atomic E-state index is 11.4. The van der Waals surface area contributed by atoms with Crippen LogP contribution >= 0.6 is 0 Å². The van der Waals surface area contributed by atoms with Gasteiger partial charge in [0.05, 0.1) is 5.69 Å². The van der Waals surface area contributed by atoms with Gasteiger partial charge in [-0.2, -0.15) is 0 Å². The van der Waals surface area contributed by atoms with Crippen molar-refractivity contribution in [3.8, 4) is 5.75 Å². The van der Waals surface area contributed by atoms with Gasteiger partial charge in [-0.1, -0.05) is 6.07 Å². The third kappa shape index (κ3) is 5.26. The molecule has 2 radical (unpaired) electrons. The number of hydrogen-bond donors (Lipinski definition) is 4. The molecule has 0 saturated carbocycles. The van der Waals surface area contributed by atoms with Crippen molar-refractivity contribution in [3.63, 3.8) is 0 Å². The standard InChI is InChI=1S/C16H18BNO9/c1-7(20)18-9-4-8(6-25-16(17)24)2-3-10(9)26-15-14(23)13(22)12(21)11(5-19)27-15/h2-5,11-15,21-23H,6H2,1H3,(H,18,20). The molecule has 0 aromatic heterocycles. The summed E-state index contributed by atoms with van der Waals surface area (Å²) in [5.41, 5.74) is 0.642. The number of carbonyl (C=O) groups is 3. The summed E-state index contributed by atoms with van der Waals surface area (Å²) in [4.78, 5) is 33.1. The predicted octanol–water partition coefficient (Wildman–Crippen LogP) is -1.16. The van der Waals surface area contributed by atoms with Gasteiger partial charge in [0.15, 0.2) is 6.29 Å². The average molecular weight is 379 g/mol. The highest BCUT2D eigenvalue weighted by molar-refractivity contribution is 6.55. The lowest BCUT2D eigenvalue weighted by atomic mass is 10.00. The van der Waals surface area contributed by atoms with E-state index in [0.29, 0.717) is 5.56 Å². The minimum Gasteiger partial charge on any atom is -0.470 e. The highest BCUT2D eigenvalue weighted by Crippen LogP contribution is 2.30. The molecule has 1 aliphatic rings. The quantitative estimate of drug-likeness (QED) is 0.354. The van der Waals surface area contributed by atoms with Crippen LogP contribution in [0.1, 0.15) is 12.5 Å². The molecular formula is C16H18BNO9. The molecular weight excluding hydrogens is 361 g/mol. The first kappa shape index (κ1) is 20.8. The summed E-state index contributed by atoms with van der Waals surface area (Å²) in [6.07, 6.45) is -7.55. The molecule has 5 atom stereocenters. The van der Waals surface area contributed by atoms with Crippen LogP contribution in [-0.2, 0) is 25.7 Å². The second-order valence-corrected chi connectivity index (χ2v) is 5.81. The van der Waals surface area contributed by atoms with Crippen LogP contribution in [0.4, 0.5) is 10.5 Å². The molecule has 2 rings (SSSR count). The van der Waals surface area contributed by atoms with Crippen LogP contribution in [0.5, 0.6) is 5.75 Å². The number of nitrogens with one attached hydrogen (secondary N) is 1. The SMILES string of the molecule is [B]C(=O)OCc1ccc(OC2OC(C=O)C(O)C(O)C2O)c(NC(C)=O)c1. The predicted molar refractivity (Wildman–Crippen MR) is 90.1 cm³/mol. The van der Waals surface area contributed by atoms with Gasteiger partial charge in [0.2, 0.25) is 25.9 Å². The summed E-state index contributed by atoms with van der Waals surface area (Å²) in [6.45, 7) is 1.10. The largest absolute Gasteiger partial charge is 0.470 e. The lowest BCUT2D eigenvalue weighted by Gasteiger charge is -2.38. The minimum atomic E-state index is -1.67. The van der Waals surface area contributed by atoms with Gasteiger partial charge >= 0.3 is 0 Å². The highest BCUT2D eigenvalue weighted by atomic mass is 16.7. The molecule has 0 spiro atoms. The van der Waals surface area contributed by atoms with Gasteiger partial charge in [0.1, 0.15) is 36.8 Å². The van der Waals surface area contributed by atoms with Crippen molar-refractivity contribution in [2.75, 3.05) is 5.32 Å². The molecule has 0 aliphatic carbocycles. The Morgan fingerprint density at radius 1 is 1.26 bits per heavy atom. The van der Waals surface area contributed by atoms with Gasteiger partial charge in [-0.25, -0.2) is 0 Å². The van der Waals surface area contributed by atoms with Crippen molar-refractivity contribution in [1.82, 2.24) is 0 Å². The second-order valence-electron chi connectivity index (χ2n) is 5.81. The number of amides is 1. The number of anilines is 1. The van der Waals surface area contributed by atoms with E-state index in [1.165, 1.54) is 25.1 Å². The fraction of sp³-hybridized carbons (Fsp3) is 0.438. The molecule has 1 aromatic carbocycles. The van der Waals surface area contributed by atoms with Gasteiger partial charge in [-0.15, -0.1) is 0 Å². The van der Waals surface area contributed by atoms with Crippen molar-refractivity contribution in [2.24, 2.45) is 0 Å². The summed E-state index contributed by atoms with van der Waals surface area (Å²) >= 11 is 0. The van der Waals surface area contributed by atoms with Gasteiger partial charge in [-0.3, -0.25) is 9.59 Å². The molecule has 144 valence electrons. The van der Waals surface area contributed by atoms with E-state index in [4.69, 9.17) is 17.3 Å². The monoisotopic (exact) mass is 379 g/mol. The molecule has 1 saturated heterocycles.